The first-order valence-electron chi connectivity index (χ1n) is 8.34. The van der Waals surface area contributed by atoms with Gasteiger partial charge in [0.1, 0.15) is 5.82 Å². The Morgan fingerprint density at radius 3 is 2.26 bits per heavy atom. The van der Waals surface area contributed by atoms with Crippen LogP contribution in [0.2, 0.25) is 0 Å². The number of hydrazone groups is 1. The minimum atomic E-state index is -3.72. The van der Waals surface area contributed by atoms with Crippen molar-refractivity contribution in [2.45, 2.75) is 25.7 Å². The van der Waals surface area contributed by atoms with Crippen molar-refractivity contribution in [1.29, 1.82) is 0 Å². The number of aryl methyl sites for hydroxylation is 2. The first kappa shape index (κ1) is 18.8. The Morgan fingerprint density at radius 2 is 1.63 bits per heavy atom. The number of nitrogens with one attached hydrogen (secondary N) is 1. The predicted octanol–water partition coefficient (Wildman–Crippen LogP) is 3.85. The van der Waals surface area contributed by atoms with Gasteiger partial charge in [-0.1, -0.05) is 17.7 Å². The van der Waals surface area contributed by atoms with Gasteiger partial charge in [-0.15, -0.1) is 0 Å². The molecule has 3 rings (SSSR count). The van der Waals surface area contributed by atoms with Crippen LogP contribution in [-0.4, -0.2) is 19.2 Å². The van der Waals surface area contributed by atoms with E-state index in [0.29, 0.717) is 0 Å². The Balaban J connectivity index is 1.83. The summed E-state index contributed by atoms with van der Waals surface area (Å²) in [4.78, 5) is 2.38. The van der Waals surface area contributed by atoms with Gasteiger partial charge < -0.3 is 4.57 Å². The standard InChI is InChI=1S/C20H20FN3O2S/c1-14-4-10-20(11-5-14)27(25,26)23-22-13-17-12-15(2)24(16(17)3)19-8-6-18(21)7-9-19/h4-13,23H,1-3H3/b22-13-. The highest BCUT2D eigenvalue weighted by Crippen LogP contribution is 2.20. The molecule has 27 heavy (non-hydrogen) atoms. The molecule has 1 heterocycles. The van der Waals surface area contributed by atoms with E-state index in [9.17, 15) is 12.8 Å². The van der Waals surface area contributed by atoms with Crippen molar-refractivity contribution < 1.29 is 12.8 Å². The van der Waals surface area contributed by atoms with Crippen LogP contribution < -0.4 is 4.83 Å². The number of hydrogen-bond acceptors (Lipinski definition) is 3. The largest absolute Gasteiger partial charge is 0.318 e. The van der Waals surface area contributed by atoms with Gasteiger partial charge in [-0.25, -0.2) is 9.22 Å². The van der Waals surface area contributed by atoms with E-state index in [4.69, 9.17) is 0 Å². The summed E-state index contributed by atoms with van der Waals surface area (Å²) in [5.41, 5.74) is 4.37. The van der Waals surface area contributed by atoms with Gasteiger partial charge >= 0.3 is 0 Å². The van der Waals surface area contributed by atoms with Crippen LogP contribution in [0, 0.1) is 26.6 Å². The number of halogens is 1. The number of hydrogen-bond donors (Lipinski definition) is 1. The third-order valence-corrected chi connectivity index (χ3v) is 5.50. The molecule has 0 radical (unpaired) electrons. The van der Waals surface area contributed by atoms with Crippen molar-refractivity contribution in [3.8, 4) is 5.69 Å². The molecule has 0 amide bonds. The fraction of sp³-hybridized carbons (Fsp3) is 0.150. The van der Waals surface area contributed by atoms with Gasteiger partial charge in [0.25, 0.3) is 10.0 Å². The minimum absolute atomic E-state index is 0.155. The lowest BCUT2D eigenvalue weighted by Gasteiger charge is -2.09. The molecule has 3 aromatic rings. The molecule has 0 saturated heterocycles. The lowest BCUT2D eigenvalue weighted by atomic mass is 10.2. The first-order valence-corrected chi connectivity index (χ1v) is 9.83. The summed E-state index contributed by atoms with van der Waals surface area (Å²) in [5.74, 6) is -0.298. The lowest BCUT2D eigenvalue weighted by molar-refractivity contribution is 0.584. The van der Waals surface area contributed by atoms with Gasteiger partial charge in [0.15, 0.2) is 0 Å². The van der Waals surface area contributed by atoms with Gasteiger partial charge in [-0.3, -0.25) is 0 Å². The number of aromatic nitrogens is 1. The molecule has 140 valence electrons. The Hall–Kier alpha value is -2.93. The van der Waals surface area contributed by atoms with Crippen LogP contribution in [0.4, 0.5) is 4.39 Å². The highest BCUT2D eigenvalue weighted by molar-refractivity contribution is 7.89. The Morgan fingerprint density at radius 1 is 1.00 bits per heavy atom. The zero-order valence-electron chi connectivity index (χ0n) is 15.3. The van der Waals surface area contributed by atoms with E-state index >= 15 is 0 Å². The minimum Gasteiger partial charge on any atom is -0.318 e. The van der Waals surface area contributed by atoms with Crippen LogP contribution in [0.15, 0.2) is 64.6 Å². The molecule has 5 nitrogen and oxygen atoms in total. The Kier molecular flexibility index (Phi) is 5.14. The molecule has 0 fully saturated rings. The number of benzene rings is 2. The molecule has 2 aromatic carbocycles. The van der Waals surface area contributed by atoms with E-state index in [0.717, 1.165) is 28.2 Å². The third-order valence-electron chi connectivity index (χ3n) is 4.26. The van der Waals surface area contributed by atoms with Crippen molar-refractivity contribution in [1.82, 2.24) is 9.40 Å². The molecule has 0 bridgehead atoms. The number of sulfonamides is 1. The maximum atomic E-state index is 13.2. The molecule has 7 heteroatoms. The second kappa shape index (κ2) is 7.36. The molecule has 0 spiro atoms. The molecule has 0 atom stereocenters. The van der Waals surface area contributed by atoms with Crippen LogP contribution in [0.1, 0.15) is 22.5 Å². The summed E-state index contributed by atoms with van der Waals surface area (Å²) in [7, 11) is -3.72. The van der Waals surface area contributed by atoms with E-state index in [1.54, 1.807) is 24.3 Å². The molecule has 0 aliphatic carbocycles. The van der Waals surface area contributed by atoms with Gasteiger partial charge in [0.05, 0.1) is 11.1 Å². The molecular formula is C20H20FN3O2S. The molecule has 0 unspecified atom stereocenters. The summed E-state index contributed by atoms with van der Waals surface area (Å²) in [6.45, 7) is 5.70. The summed E-state index contributed by atoms with van der Waals surface area (Å²) in [5, 5.41) is 3.90. The molecular weight excluding hydrogens is 365 g/mol. The quantitative estimate of drug-likeness (QED) is 0.536. The summed E-state index contributed by atoms with van der Waals surface area (Å²) >= 11 is 0. The molecule has 0 saturated carbocycles. The maximum absolute atomic E-state index is 13.2. The van der Waals surface area contributed by atoms with E-state index in [-0.39, 0.29) is 10.7 Å². The van der Waals surface area contributed by atoms with E-state index in [1.807, 2.05) is 31.4 Å². The average Bonchev–Trinajstić information content (AvgIpc) is 2.90. The zero-order valence-corrected chi connectivity index (χ0v) is 16.1. The van der Waals surface area contributed by atoms with Crippen LogP contribution in [0.5, 0.6) is 0 Å². The second-order valence-corrected chi connectivity index (χ2v) is 7.97. The second-order valence-electron chi connectivity index (χ2n) is 6.30. The van der Waals surface area contributed by atoms with Gasteiger partial charge in [-0.2, -0.15) is 13.5 Å². The van der Waals surface area contributed by atoms with Crippen molar-refractivity contribution in [2.75, 3.05) is 0 Å². The van der Waals surface area contributed by atoms with Crippen LogP contribution in [0.25, 0.3) is 5.69 Å². The molecule has 0 aliphatic rings. The van der Waals surface area contributed by atoms with E-state index in [1.165, 1.54) is 30.5 Å². The van der Waals surface area contributed by atoms with Gasteiger partial charge in [0.2, 0.25) is 0 Å². The van der Waals surface area contributed by atoms with Crippen molar-refractivity contribution in [3.05, 3.63) is 82.9 Å². The summed E-state index contributed by atoms with van der Waals surface area (Å²) in [6.07, 6.45) is 1.47. The molecule has 1 aromatic heterocycles. The summed E-state index contributed by atoms with van der Waals surface area (Å²) in [6, 6.07) is 14.6. The fourth-order valence-corrected chi connectivity index (χ4v) is 3.63. The molecule has 0 aliphatic heterocycles. The SMILES string of the molecule is Cc1ccc(S(=O)(=O)N/N=C\c2cc(C)n(-c3ccc(F)cc3)c2C)cc1. The van der Waals surface area contributed by atoms with Crippen molar-refractivity contribution >= 4 is 16.2 Å². The van der Waals surface area contributed by atoms with Crippen molar-refractivity contribution in [3.63, 3.8) is 0 Å². The monoisotopic (exact) mass is 385 g/mol. The third kappa shape index (κ3) is 4.09. The maximum Gasteiger partial charge on any atom is 0.276 e. The smallest absolute Gasteiger partial charge is 0.276 e. The van der Waals surface area contributed by atoms with Gasteiger partial charge in [-0.05, 0) is 63.2 Å². The highest BCUT2D eigenvalue weighted by atomic mass is 32.2. The normalized spacial score (nSPS) is 11.9. The lowest BCUT2D eigenvalue weighted by Crippen LogP contribution is -2.18. The van der Waals surface area contributed by atoms with Crippen LogP contribution >= 0.6 is 0 Å². The van der Waals surface area contributed by atoms with E-state index in [2.05, 4.69) is 9.93 Å². The highest BCUT2D eigenvalue weighted by Gasteiger charge is 2.13. The number of rotatable bonds is 5. The van der Waals surface area contributed by atoms with Gasteiger partial charge in [0, 0.05) is 22.6 Å². The number of nitrogens with zero attached hydrogens (tertiary/aromatic N) is 2. The topological polar surface area (TPSA) is 63.5 Å². The van der Waals surface area contributed by atoms with Crippen LogP contribution in [-0.2, 0) is 10.0 Å². The average molecular weight is 385 g/mol. The van der Waals surface area contributed by atoms with E-state index < -0.39 is 10.0 Å². The Bertz CT molecular complexity index is 1080. The van der Waals surface area contributed by atoms with Crippen LogP contribution in [0.3, 0.4) is 0 Å². The van der Waals surface area contributed by atoms with Crippen molar-refractivity contribution in [2.24, 2.45) is 5.10 Å². The zero-order chi connectivity index (χ0) is 19.6. The fourth-order valence-electron chi connectivity index (χ4n) is 2.84. The summed E-state index contributed by atoms with van der Waals surface area (Å²) < 4.78 is 39.7. The Labute approximate surface area is 158 Å². The molecule has 1 N–H and O–H groups in total. The first-order chi connectivity index (χ1) is 12.8. The predicted molar refractivity (Wildman–Crippen MR) is 104 cm³/mol.